The third-order valence-corrected chi connectivity index (χ3v) is 6.79. The normalized spacial score (nSPS) is 24.6. The molecule has 1 atom stereocenters. The maximum Gasteiger partial charge on any atom is 0.216 e. The number of nitriles is 1. The third kappa shape index (κ3) is 4.03. The van der Waals surface area contributed by atoms with Crippen LogP contribution in [0.4, 0.5) is 0 Å². The Labute approximate surface area is 124 Å². The van der Waals surface area contributed by atoms with Gasteiger partial charge < -0.3 is 0 Å². The maximum absolute atomic E-state index is 12.2. The first-order valence-electron chi connectivity index (χ1n) is 6.35. The van der Waals surface area contributed by atoms with Gasteiger partial charge in [0.15, 0.2) is 9.84 Å². The van der Waals surface area contributed by atoms with Crippen molar-refractivity contribution in [2.45, 2.75) is 24.6 Å². The molecule has 1 heterocycles. The SMILES string of the molecule is CC1(NS(=O)(=O)Cc2ccccc2C#N)CCS(=O)(=O)C1. The van der Waals surface area contributed by atoms with Gasteiger partial charge in [-0.2, -0.15) is 5.26 Å². The lowest BCUT2D eigenvalue weighted by molar-refractivity contribution is 0.461. The monoisotopic (exact) mass is 328 g/mol. The number of nitrogens with one attached hydrogen (secondary N) is 1. The molecular formula is C13H16N2O4S2. The number of sulfone groups is 1. The summed E-state index contributed by atoms with van der Waals surface area (Å²) in [5.74, 6) is -0.549. The highest BCUT2D eigenvalue weighted by Crippen LogP contribution is 2.24. The Kier molecular flexibility index (Phi) is 4.10. The van der Waals surface area contributed by atoms with Crippen molar-refractivity contribution in [3.8, 4) is 6.07 Å². The van der Waals surface area contributed by atoms with Gasteiger partial charge in [-0.1, -0.05) is 18.2 Å². The molecule has 0 aliphatic carbocycles. The van der Waals surface area contributed by atoms with Crippen LogP contribution in [0.25, 0.3) is 0 Å². The minimum absolute atomic E-state index is 0.0131. The molecule has 6 nitrogen and oxygen atoms in total. The molecule has 1 aromatic carbocycles. The molecule has 1 unspecified atom stereocenters. The van der Waals surface area contributed by atoms with E-state index in [1.165, 1.54) is 0 Å². The molecule has 1 N–H and O–H groups in total. The molecule has 1 fully saturated rings. The van der Waals surface area contributed by atoms with E-state index in [1.807, 2.05) is 6.07 Å². The summed E-state index contributed by atoms with van der Waals surface area (Å²) in [5, 5.41) is 8.97. The summed E-state index contributed by atoms with van der Waals surface area (Å²) in [7, 11) is -6.92. The standard InChI is InChI=1S/C13H16N2O4S2/c1-13(6-7-20(16,17)10-13)15-21(18,19)9-12-5-3-2-4-11(12)8-14/h2-5,15H,6-7,9-10H2,1H3. The zero-order chi connectivity index (χ0) is 15.7. The molecule has 0 saturated carbocycles. The second-order valence-corrected chi connectivity index (χ2v) is 9.44. The quantitative estimate of drug-likeness (QED) is 0.869. The molecule has 0 aromatic heterocycles. The van der Waals surface area contributed by atoms with Crippen molar-refractivity contribution >= 4 is 19.9 Å². The summed E-state index contributed by atoms with van der Waals surface area (Å²) in [5.41, 5.74) is -0.275. The van der Waals surface area contributed by atoms with Crippen LogP contribution >= 0.6 is 0 Å². The smallest absolute Gasteiger partial charge is 0.216 e. The Hall–Kier alpha value is -1.43. The Balaban J connectivity index is 2.19. The number of benzene rings is 1. The highest BCUT2D eigenvalue weighted by Gasteiger charge is 2.41. The lowest BCUT2D eigenvalue weighted by Gasteiger charge is -2.23. The number of rotatable bonds is 4. The lowest BCUT2D eigenvalue weighted by Crippen LogP contribution is -2.47. The van der Waals surface area contributed by atoms with Gasteiger partial charge in [0.1, 0.15) is 0 Å². The average molecular weight is 328 g/mol. The minimum Gasteiger partial charge on any atom is -0.229 e. The molecule has 21 heavy (non-hydrogen) atoms. The first-order valence-corrected chi connectivity index (χ1v) is 9.82. The molecule has 1 aliphatic heterocycles. The van der Waals surface area contributed by atoms with E-state index in [-0.39, 0.29) is 23.7 Å². The second-order valence-electron chi connectivity index (χ2n) is 5.53. The molecule has 0 radical (unpaired) electrons. The van der Waals surface area contributed by atoms with Crippen molar-refractivity contribution < 1.29 is 16.8 Å². The van der Waals surface area contributed by atoms with E-state index in [0.717, 1.165) is 0 Å². The van der Waals surface area contributed by atoms with E-state index >= 15 is 0 Å². The largest absolute Gasteiger partial charge is 0.229 e. The van der Waals surface area contributed by atoms with Crippen LogP contribution in [-0.4, -0.2) is 33.9 Å². The van der Waals surface area contributed by atoms with Crippen molar-refractivity contribution in [1.82, 2.24) is 4.72 Å². The van der Waals surface area contributed by atoms with Crippen molar-refractivity contribution in [3.63, 3.8) is 0 Å². The van der Waals surface area contributed by atoms with Gasteiger partial charge in [0.2, 0.25) is 10.0 Å². The van der Waals surface area contributed by atoms with Gasteiger partial charge in [-0.25, -0.2) is 21.6 Å². The lowest BCUT2D eigenvalue weighted by atomic mass is 10.0. The summed E-state index contributed by atoms with van der Waals surface area (Å²) >= 11 is 0. The Morgan fingerprint density at radius 3 is 2.62 bits per heavy atom. The Morgan fingerprint density at radius 2 is 2.05 bits per heavy atom. The molecule has 1 aromatic rings. The van der Waals surface area contributed by atoms with Gasteiger partial charge in [-0.15, -0.1) is 0 Å². The van der Waals surface area contributed by atoms with Crippen LogP contribution in [0.5, 0.6) is 0 Å². The minimum atomic E-state index is -3.72. The van der Waals surface area contributed by atoms with Crippen LogP contribution in [0.3, 0.4) is 0 Å². The molecule has 2 rings (SSSR count). The van der Waals surface area contributed by atoms with Crippen LogP contribution in [0.1, 0.15) is 24.5 Å². The van der Waals surface area contributed by atoms with Gasteiger partial charge in [0, 0.05) is 5.54 Å². The summed E-state index contributed by atoms with van der Waals surface area (Å²) in [4.78, 5) is 0. The van der Waals surface area contributed by atoms with Crippen LogP contribution in [0.2, 0.25) is 0 Å². The van der Waals surface area contributed by atoms with E-state index in [9.17, 15) is 16.8 Å². The molecule has 8 heteroatoms. The topological polar surface area (TPSA) is 104 Å². The fourth-order valence-electron chi connectivity index (χ4n) is 2.46. The summed E-state index contributed by atoms with van der Waals surface area (Å²) in [6.07, 6.45) is 0.258. The molecule has 1 saturated heterocycles. The van der Waals surface area contributed by atoms with E-state index in [2.05, 4.69) is 4.72 Å². The maximum atomic E-state index is 12.2. The van der Waals surface area contributed by atoms with E-state index in [0.29, 0.717) is 11.1 Å². The highest BCUT2D eigenvalue weighted by molar-refractivity contribution is 7.92. The Morgan fingerprint density at radius 1 is 1.38 bits per heavy atom. The van der Waals surface area contributed by atoms with Gasteiger partial charge in [0.05, 0.1) is 28.9 Å². The molecule has 1 aliphatic rings. The van der Waals surface area contributed by atoms with Crippen LogP contribution < -0.4 is 4.72 Å². The molecule has 0 spiro atoms. The zero-order valence-corrected chi connectivity index (χ0v) is 13.2. The first kappa shape index (κ1) is 15.9. The van der Waals surface area contributed by atoms with Crippen molar-refractivity contribution in [3.05, 3.63) is 35.4 Å². The van der Waals surface area contributed by atoms with Crippen LogP contribution in [0, 0.1) is 11.3 Å². The first-order chi connectivity index (χ1) is 9.65. The number of sulfonamides is 1. The predicted octanol–water partition coefficient (Wildman–Crippen LogP) is 0.555. The van der Waals surface area contributed by atoms with Gasteiger partial charge in [-0.3, -0.25) is 0 Å². The summed E-state index contributed by atoms with van der Waals surface area (Å²) in [6, 6.07) is 8.39. The van der Waals surface area contributed by atoms with Gasteiger partial charge in [-0.05, 0) is 25.0 Å². The van der Waals surface area contributed by atoms with Gasteiger partial charge >= 0.3 is 0 Å². The van der Waals surface area contributed by atoms with Crippen molar-refractivity contribution in [1.29, 1.82) is 5.26 Å². The van der Waals surface area contributed by atoms with Crippen molar-refractivity contribution in [2.24, 2.45) is 0 Å². The predicted molar refractivity (Wildman–Crippen MR) is 78.6 cm³/mol. The number of hydrogen-bond acceptors (Lipinski definition) is 5. The summed E-state index contributed by atoms with van der Waals surface area (Å²) < 4.78 is 49.9. The van der Waals surface area contributed by atoms with Crippen LogP contribution in [-0.2, 0) is 25.6 Å². The second kappa shape index (κ2) is 5.40. The van der Waals surface area contributed by atoms with E-state index in [1.54, 1.807) is 31.2 Å². The molecule has 0 amide bonds. The summed E-state index contributed by atoms with van der Waals surface area (Å²) in [6.45, 7) is 1.59. The van der Waals surface area contributed by atoms with Gasteiger partial charge in [0.25, 0.3) is 0 Å². The van der Waals surface area contributed by atoms with Crippen LogP contribution in [0.15, 0.2) is 24.3 Å². The van der Waals surface area contributed by atoms with E-state index in [4.69, 9.17) is 5.26 Å². The Bertz CT molecular complexity index is 794. The highest BCUT2D eigenvalue weighted by atomic mass is 32.2. The third-order valence-electron chi connectivity index (χ3n) is 3.39. The molecule has 114 valence electrons. The fourth-order valence-corrected chi connectivity index (χ4v) is 6.31. The fraction of sp³-hybridized carbons (Fsp3) is 0.462. The average Bonchev–Trinajstić information content (AvgIpc) is 2.62. The molecular weight excluding hydrogens is 312 g/mol. The molecule has 0 bridgehead atoms. The number of hydrogen-bond donors (Lipinski definition) is 1. The number of nitrogens with zero attached hydrogens (tertiary/aromatic N) is 1. The van der Waals surface area contributed by atoms with E-state index < -0.39 is 25.4 Å². The zero-order valence-electron chi connectivity index (χ0n) is 11.5. The van der Waals surface area contributed by atoms with Crippen molar-refractivity contribution in [2.75, 3.05) is 11.5 Å².